The summed E-state index contributed by atoms with van der Waals surface area (Å²) in [6.07, 6.45) is 1.04. The van der Waals surface area contributed by atoms with E-state index in [1.54, 1.807) is 0 Å². The molecule has 1 aliphatic heterocycles. The van der Waals surface area contributed by atoms with E-state index in [4.69, 9.17) is 4.74 Å². The quantitative estimate of drug-likeness (QED) is 0.497. The summed E-state index contributed by atoms with van der Waals surface area (Å²) in [6.45, 7) is 0.448. The van der Waals surface area contributed by atoms with Crippen LogP contribution in [0.2, 0.25) is 0 Å². The molecule has 1 saturated heterocycles. The van der Waals surface area contributed by atoms with Crippen LogP contribution in [0, 0.1) is 11.8 Å². The van der Waals surface area contributed by atoms with Gasteiger partial charge in [0.05, 0.1) is 12.5 Å². The molecule has 0 spiro atoms. The first-order chi connectivity index (χ1) is 5.27. The number of rotatable bonds is 0. The van der Waals surface area contributed by atoms with Gasteiger partial charge >= 0.3 is 5.97 Å². The highest BCUT2D eigenvalue weighted by molar-refractivity contribution is 5.74. The van der Waals surface area contributed by atoms with Crippen molar-refractivity contribution in [1.29, 1.82) is 0 Å². The van der Waals surface area contributed by atoms with Crippen LogP contribution < -0.4 is 0 Å². The largest absolute Gasteiger partial charge is 0.465 e. The molecule has 0 aromatic heterocycles. The normalized spacial score (nSPS) is 43.4. The first kappa shape index (κ1) is 7.07. The number of carbonyl (C=O) groups is 1. The lowest BCUT2D eigenvalue weighted by Crippen LogP contribution is -2.25. The van der Waals surface area contributed by atoms with Gasteiger partial charge in [-0.15, -0.1) is 0 Å². The van der Waals surface area contributed by atoms with Gasteiger partial charge in [0, 0.05) is 5.92 Å². The van der Waals surface area contributed by atoms with Gasteiger partial charge in [0.25, 0.3) is 0 Å². The molecule has 0 amide bonds. The Kier molecular flexibility index (Phi) is 1.59. The Morgan fingerprint density at radius 3 is 3.09 bits per heavy atom. The Hall–Kier alpha value is -0.600. The molecule has 2 fully saturated rings. The number of ether oxygens (including phenoxy) is 1. The summed E-state index contributed by atoms with van der Waals surface area (Å²) in [5.41, 5.74) is 0. The predicted molar refractivity (Wildman–Crippen MR) is 36.7 cm³/mol. The van der Waals surface area contributed by atoms with E-state index >= 15 is 0 Å². The summed E-state index contributed by atoms with van der Waals surface area (Å²) in [5.74, 6) is 0.0788. The van der Waals surface area contributed by atoms with E-state index in [1.807, 2.05) is 0 Å². The van der Waals surface area contributed by atoms with Gasteiger partial charge in [0.15, 0.2) is 0 Å². The Bertz CT molecular complexity index is 181. The number of esters is 1. The zero-order valence-electron chi connectivity index (χ0n) is 6.25. The topological polar surface area (TPSA) is 26.3 Å². The fraction of sp³-hybridized carbons (Fsp3) is 0.875. The Morgan fingerprint density at radius 2 is 2.27 bits per heavy atom. The van der Waals surface area contributed by atoms with E-state index in [0.29, 0.717) is 25.9 Å². The van der Waals surface area contributed by atoms with Crippen LogP contribution in [-0.4, -0.2) is 18.7 Å². The van der Waals surface area contributed by atoms with Crippen molar-refractivity contribution in [3.63, 3.8) is 0 Å². The molecule has 2 rings (SSSR count). The minimum atomic E-state index is -0.703. The minimum Gasteiger partial charge on any atom is -0.465 e. The van der Waals surface area contributed by atoms with Crippen LogP contribution in [0.5, 0.6) is 0 Å². The summed E-state index contributed by atoms with van der Waals surface area (Å²) in [5, 5.41) is 0. The number of cyclic esters (lactones) is 1. The van der Waals surface area contributed by atoms with Gasteiger partial charge in [-0.25, -0.2) is 4.39 Å². The molecule has 2 nitrogen and oxygen atoms in total. The zero-order valence-corrected chi connectivity index (χ0v) is 6.25. The van der Waals surface area contributed by atoms with E-state index in [1.165, 1.54) is 0 Å². The van der Waals surface area contributed by atoms with E-state index < -0.39 is 6.17 Å². The van der Waals surface area contributed by atoms with Crippen LogP contribution >= 0.6 is 0 Å². The van der Waals surface area contributed by atoms with Crippen molar-refractivity contribution < 1.29 is 13.9 Å². The molecular formula is C8H11FO2. The van der Waals surface area contributed by atoms with Crippen molar-refractivity contribution in [2.75, 3.05) is 6.61 Å². The Balaban J connectivity index is 2.06. The molecule has 1 heterocycles. The summed E-state index contributed by atoms with van der Waals surface area (Å²) >= 11 is 0. The highest BCUT2D eigenvalue weighted by atomic mass is 19.1. The van der Waals surface area contributed by atoms with Crippen molar-refractivity contribution in [3.05, 3.63) is 0 Å². The molecule has 0 N–H and O–H groups in total. The smallest absolute Gasteiger partial charge is 0.309 e. The molecule has 1 saturated carbocycles. The number of fused-ring (bicyclic) bond motifs is 1. The summed E-state index contributed by atoms with van der Waals surface area (Å²) < 4.78 is 17.6. The molecule has 0 bridgehead atoms. The highest BCUT2D eigenvalue weighted by Gasteiger charge is 2.41. The monoisotopic (exact) mass is 158 g/mol. The lowest BCUT2D eigenvalue weighted by atomic mass is 9.80. The SMILES string of the molecule is O=C1OCC2CC(F)CCC12. The molecule has 3 unspecified atom stereocenters. The summed E-state index contributed by atoms with van der Waals surface area (Å²) in [6, 6.07) is 0. The van der Waals surface area contributed by atoms with E-state index in [0.717, 1.165) is 0 Å². The van der Waals surface area contributed by atoms with Gasteiger partial charge in [-0.3, -0.25) is 4.79 Å². The summed E-state index contributed by atoms with van der Waals surface area (Å²) in [4.78, 5) is 11.0. The number of hydrogen-bond donors (Lipinski definition) is 0. The molecule has 0 radical (unpaired) electrons. The molecule has 11 heavy (non-hydrogen) atoms. The molecular weight excluding hydrogens is 147 g/mol. The molecule has 1 aliphatic carbocycles. The number of carbonyl (C=O) groups excluding carboxylic acids is 1. The van der Waals surface area contributed by atoms with E-state index in [-0.39, 0.29) is 17.8 Å². The third-order valence-corrected chi connectivity index (χ3v) is 2.66. The van der Waals surface area contributed by atoms with Crippen LogP contribution in [0.15, 0.2) is 0 Å². The molecule has 2 aliphatic rings. The number of alkyl halides is 1. The van der Waals surface area contributed by atoms with Gasteiger partial charge in [-0.1, -0.05) is 0 Å². The first-order valence-electron chi connectivity index (χ1n) is 4.08. The lowest BCUT2D eigenvalue weighted by Gasteiger charge is -2.23. The van der Waals surface area contributed by atoms with Crippen molar-refractivity contribution in [3.8, 4) is 0 Å². The van der Waals surface area contributed by atoms with Crippen molar-refractivity contribution >= 4 is 5.97 Å². The van der Waals surface area contributed by atoms with Crippen molar-refractivity contribution in [1.82, 2.24) is 0 Å². The van der Waals surface area contributed by atoms with Gasteiger partial charge in [0.2, 0.25) is 0 Å². The molecule has 62 valence electrons. The molecule has 0 aromatic rings. The van der Waals surface area contributed by atoms with E-state index in [9.17, 15) is 9.18 Å². The maximum atomic E-state index is 12.8. The second-order valence-electron chi connectivity index (χ2n) is 3.41. The van der Waals surface area contributed by atoms with Crippen LogP contribution in [0.4, 0.5) is 4.39 Å². The average Bonchev–Trinajstić information content (AvgIpc) is 2.32. The van der Waals surface area contributed by atoms with Gasteiger partial charge in [-0.2, -0.15) is 0 Å². The second-order valence-corrected chi connectivity index (χ2v) is 3.41. The molecule has 3 atom stereocenters. The standard InChI is InChI=1S/C8H11FO2/c9-6-1-2-7-5(3-6)4-11-8(7)10/h5-7H,1-4H2. The van der Waals surface area contributed by atoms with Crippen LogP contribution in [-0.2, 0) is 9.53 Å². The van der Waals surface area contributed by atoms with Gasteiger partial charge < -0.3 is 4.74 Å². The molecule has 3 heteroatoms. The maximum absolute atomic E-state index is 12.8. The van der Waals surface area contributed by atoms with E-state index in [2.05, 4.69) is 0 Å². The van der Waals surface area contributed by atoms with Crippen molar-refractivity contribution in [2.24, 2.45) is 11.8 Å². The predicted octanol–water partition coefficient (Wildman–Crippen LogP) is 1.30. The van der Waals surface area contributed by atoms with Gasteiger partial charge in [0.1, 0.15) is 6.17 Å². The fourth-order valence-corrected chi connectivity index (χ4v) is 2.00. The average molecular weight is 158 g/mol. The first-order valence-corrected chi connectivity index (χ1v) is 4.08. The molecule has 0 aromatic carbocycles. The van der Waals surface area contributed by atoms with Crippen molar-refractivity contribution in [2.45, 2.75) is 25.4 Å². The zero-order chi connectivity index (χ0) is 7.84. The fourth-order valence-electron chi connectivity index (χ4n) is 2.00. The maximum Gasteiger partial charge on any atom is 0.309 e. The minimum absolute atomic E-state index is 0.0157. The third-order valence-electron chi connectivity index (χ3n) is 2.66. The number of hydrogen-bond acceptors (Lipinski definition) is 2. The number of halogens is 1. The third kappa shape index (κ3) is 1.12. The van der Waals surface area contributed by atoms with Crippen LogP contribution in [0.3, 0.4) is 0 Å². The van der Waals surface area contributed by atoms with Gasteiger partial charge in [-0.05, 0) is 19.3 Å². The van der Waals surface area contributed by atoms with Crippen LogP contribution in [0.1, 0.15) is 19.3 Å². The summed E-state index contributed by atoms with van der Waals surface area (Å²) in [7, 11) is 0. The highest BCUT2D eigenvalue weighted by Crippen LogP contribution is 2.36. The Labute approximate surface area is 64.7 Å². The Morgan fingerprint density at radius 1 is 1.45 bits per heavy atom. The van der Waals surface area contributed by atoms with Crippen LogP contribution in [0.25, 0.3) is 0 Å². The second kappa shape index (κ2) is 2.47. The lowest BCUT2D eigenvalue weighted by molar-refractivity contribution is -0.141.